The Labute approximate surface area is 143 Å². The van der Waals surface area contributed by atoms with Gasteiger partial charge in [0.1, 0.15) is 0 Å². The van der Waals surface area contributed by atoms with E-state index in [0.29, 0.717) is 16.2 Å². The molecule has 0 aromatic heterocycles. The Hall–Kier alpha value is -0.520. The fraction of sp³-hybridized carbons (Fsp3) is 0.826. The van der Waals surface area contributed by atoms with Gasteiger partial charge >= 0.3 is 0 Å². The van der Waals surface area contributed by atoms with Crippen LogP contribution in [-0.2, 0) is 0 Å². The standard InChI is InChI=1S/C23H36/c1-6-23-14-10-18-19-8-7-17(3)21(19,4)12-11-20(18)22(23,5)13-9-16(2)15-23/h18-20H,2-3,6-15H2,1,4-5H3. The molecule has 4 aliphatic carbocycles. The van der Waals surface area contributed by atoms with Gasteiger partial charge in [0.15, 0.2) is 0 Å². The largest absolute Gasteiger partial charge is 0.0998 e. The Balaban J connectivity index is 1.71. The Morgan fingerprint density at radius 3 is 2.48 bits per heavy atom. The number of allylic oxidation sites excluding steroid dienone is 2. The van der Waals surface area contributed by atoms with E-state index in [-0.39, 0.29) is 0 Å². The van der Waals surface area contributed by atoms with Crippen molar-refractivity contribution in [1.29, 1.82) is 0 Å². The maximum Gasteiger partial charge on any atom is -0.00879 e. The Bertz CT molecular complexity index is 542. The van der Waals surface area contributed by atoms with Crippen LogP contribution in [0.2, 0.25) is 0 Å². The van der Waals surface area contributed by atoms with Gasteiger partial charge < -0.3 is 0 Å². The summed E-state index contributed by atoms with van der Waals surface area (Å²) < 4.78 is 0. The Morgan fingerprint density at radius 1 is 0.957 bits per heavy atom. The fourth-order valence-electron chi connectivity index (χ4n) is 7.96. The molecule has 0 bridgehead atoms. The summed E-state index contributed by atoms with van der Waals surface area (Å²) in [5, 5.41) is 0. The molecule has 0 nitrogen and oxygen atoms in total. The number of rotatable bonds is 1. The lowest BCUT2D eigenvalue weighted by Gasteiger charge is -2.65. The predicted molar refractivity (Wildman–Crippen MR) is 99.2 cm³/mol. The summed E-state index contributed by atoms with van der Waals surface area (Å²) in [6.45, 7) is 16.6. The van der Waals surface area contributed by atoms with Gasteiger partial charge in [-0.25, -0.2) is 0 Å². The highest BCUT2D eigenvalue weighted by Gasteiger charge is 2.62. The summed E-state index contributed by atoms with van der Waals surface area (Å²) in [6.07, 6.45) is 13.9. The van der Waals surface area contributed by atoms with Gasteiger partial charge in [-0.05, 0) is 98.2 Å². The molecule has 4 fully saturated rings. The van der Waals surface area contributed by atoms with Crippen LogP contribution in [0.1, 0.15) is 85.0 Å². The van der Waals surface area contributed by atoms with Gasteiger partial charge in [-0.3, -0.25) is 0 Å². The minimum atomic E-state index is 0.474. The quantitative estimate of drug-likeness (QED) is 0.461. The molecule has 6 atom stereocenters. The molecule has 0 spiro atoms. The fourth-order valence-corrected chi connectivity index (χ4v) is 7.96. The third-order valence-corrected chi connectivity index (χ3v) is 9.64. The van der Waals surface area contributed by atoms with E-state index < -0.39 is 0 Å². The van der Waals surface area contributed by atoms with Crippen LogP contribution in [0, 0.1) is 34.0 Å². The van der Waals surface area contributed by atoms with Crippen molar-refractivity contribution < 1.29 is 0 Å². The van der Waals surface area contributed by atoms with Crippen molar-refractivity contribution in [3.05, 3.63) is 24.3 Å². The lowest BCUT2D eigenvalue weighted by atomic mass is 9.39. The lowest BCUT2D eigenvalue weighted by molar-refractivity contribution is -0.145. The first-order chi connectivity index (χ1) is 10.9. The third kappa shape index (κ3) is 1.90. The van der Waals surface area contributed by atoms with Gasteiger partial charge in [0.2, 0.25) is 0 Å². The molecule has 4 rings (SSSR count). The van der Waals surface area contributed by atoms with Crippen LogP contribution in [0.4, 0.5) is 0 Å². The second-order valence-corrected chi connectivity index (χ2v) is 9.99. The minimum absolute atomic E-state index is 0.474. The molecule has 0 radical (unpaired) electrons. The second-order valence-electron chi connectivity index (χ2n) is 9.99. The maximum absolute atomic E-state index is 4.47. The first kappa shape index (κ1) is 16.0. The molecule has 4 aliphatic rings. The van der Waals surface area contributed by atoms with Crippen LogP contribution >= 0.6 is 0 Å². The van der Waals surface area contributed by atoms with E-state index in [1.165, 1.54) is 69.8 Å². The predicted octanol–water partition coefficient (Wildman–Crippen LogP) is 6.92. The third-order valence-electron chi connectivity index (χ3n) is 9.64. The van der Waals surface area contributed by atoms with Crippen molar-refractivity contribution in [2.45, 2.75) is 85.0 Å². The first-order valence-electron chi connectivity index (χ1n) is 10.2. The first-order valence-corrected chi connectivity index (χ1v) is 10.2. The molecule has 0 aromatic carbocycles. The van der Waals surface area contributed by atoms with Crippen molar-refractivity contribution in [2.24, 2.45) is 34.0 Å². The van der Waals surface area contributed by atoms with Crippen molar-refractivity contribution in [3.8, 4) is 0 Å². The Kier molecular flexibility index (Phi) is 3.47. The van der Waals surface area contributed by atoms with E-state index in [1.54, 1.807) is 5.57 Å². The van der Waals surface area contributed by atoms with Crippen LogP contribution in [0.3, 0.4) is 0 Å². The lowest BCUT2D eigenvalue weighted by Crippen LogP contribution is -2.57. The molecule has 4 saturated carbocycles. The zero-order valence-electron chi connectivity index (χ0n) is 15.7. The summed E-state index contributed by atoms with van der Waals surface area (Å²) in [5.74, 6) is 2.88. The molecule has 0 heterocycles. The summed E-state index contributed by atoms with van der Waals surface area (Å²) >= 11 is 0. The molecule has 23 heavy (non-hydrogen) atoms. The minimum Gasteiger partial charge on any atom is -0.0998 e. The monoisotopic (exact) mass is 312 g/mol. The van der Waals surface area contributed by atoms with Gasteiger partial charge in [-0.15, -0.1) is 0 Å². The summed E-state index contributed by atoms with van der Waals surface area (Å²) in [4.78, 5) is 0. The van der Waals surface area contributed by atoms with Crippen LogP contribution in [0.5, 0.6) is 0 Å². The SMILES string of the molecule is C=C1CCC2(C)C3CCC4(C)C(=C)CCC4C3CCC2(CC)C1. The highest BCUT2D eigenvalue weighted by molar-refractivity contribution is 5.23. The summed E-state index contributed by atoms with van der Waals surface area (Å²) in [6, 6.07) is 0. The molecule has 0 aromatic rings. The van der Waals surface area contributed by atoms with Crippen molar-refractivity contribution in [1.82, 2.24) is 0 Å². The smallest absolute Gasteiger partial charge is 0.00879 e. The van der Waals surface area contributed by atoms with Crippen LogP contribution < -0.4 is 0 Å². The number of hydrogen-bond acceptors (Lipinski definition) is 0. The molecule has 0 heteroatoms. The molecule has 128 valence electrons. The van der Waals surface area contributed by atoms with Gasteiger partial charge in [0.25, 0.3) is 0 Å². The van der Waals surface area contributed by atoms with E-state index >= 15 is 0 Å². The molecule has 0 saturated heterocycles. The summed E-state index contributed by atoms with van der Waals surface area (Å²) in [7, 11) is 0. The zero-order valence-corrected chi connectivity index (χ0v) is 15.7. The average molecular weight is 313 g/mol. The van der Waals surface area contributed by atoms with E-state index in [0.717, 1.165) is 17.8 Å². The average Bonchev–Trinajstić information content (AvgIpc) is 2.84. The maximum atomic E-state index is 4.47. The van der Waals surface area contributed by atoms with Gasteiger partial charge in [0, 0.05) is 0 Å². The van der Waals surface area contributed by atoms with Crippen molar-refractivity contribution in [3.63, 3.8) is 0 Å². The van der Waals surface area contributed by atoms with Crippen molar-refractivity contribution in [2.75, 3.05) is 0 Å². The van der Waals surface area contributed by atoms with E-state index in [2.05, 4.69) is 33.9 Å². The Morgan fingerprint density at radius 2 is 1.74 bits per heavy atom. The van der Waals surface area contributed by atoms with Crippen LogP contribution in [-0.4, -0.2) is 0 Å². The van der Waals surface area contributed by atoms with Gasteiger partial charge in [0.05, 0.1) is 0 Å². The normalized spacial score (nSPS) is 52.7. The summed E-state index contributed by atoms with van der Waals surface area (Å²) in [5.41, 5.74) is 4.72. The van der Waals surface area contributed by atoms with E-state index in [1.807, 2.05) is 0 Å². The second kappa shape index (κ2) is 4.99. The molecule has 0 N–H and O–H groups in total. The molecular weight excluding hydrogens is 276 g/mol. The number of hydrogen-bond donors (Lipinski definition) is 0. The topological polar surface area (TPSA) is 0 Å². The van der Waals surface area contributed by atoms with Gasteiger partial charge in [-0.1, -0.05) is 45.1 Å². The molecule has 6 unspecified atom stereocenters. The number of fused-ring (bicyclic) bond motifs is 5. The molecular formula is C23H36. The molecule has 0 aliphatic heterocycles. The van der Waals surface area contributed by atoms with Crippen LogP contribution in [0.15, 0.2) is 24.3 Å². The highest BCUT2D eigenvalue weighted by atomic mass is 14.7. The molecule has 0 amide bonds. The zero-order chi connectivity index (χ0) is 16.5. The highest BCUT2D eigenvalue weighted by Crippen LogP contribution is 2.71. The van der Waals surface area contributed by atoms with Crippen molar-refractivity contribution >= 4 is 0 Å². The van der Waals surface area contributed by atoms with E-state index in [9.17, 15) is 0 Å². The van der Waals surface area contributed by atoms with Gasteiger partial charge in [-0.2, -0.15) is 0 Å². The van der Waals surface area contributed by atoms with E-state index in [4.69, 9.17) is 0 Å². The van der Waals surface area contributed by atoms with Crippen LogP contribution in [0.25, 0.3) is 0 Å².